The van der Waals surface area contributed by atoms with Gasteiger partial charge in [-0.1, -0.05) is 6.07 Å². The number of nitrogens with zero attached hydrogens (tertiary/aromatic N) is 4. The lowest BCUT2D eigenvalue weighted by molar-refractivity contribution is 0.214. The monoisotopic (exact) mass is 439 g/mol. The minimum atomic E-state index is -3.57. The Balaban J connectivity index is 1.64. The van der Waals surface area contributed by atoms with Gasteiger partial charge in [0.15, 0.2) is 0 Å². The average molecular weight is 440 g/mol. The molecule has 0 spiro atoms. The van der Waals surface area contributed by atoms with Crippen LogP contribution in [0.5, 0.6) is 5.75 Å². The summed E-state index contributed by atoms with van der Waals surface area (Å²) in [6, 6.07) is 6.72. The van der Waals surface area contributed by atoms with Gasteiger partial charge >= 0.3 is 6.03 Å². The molecule has 10 heteroatoms. The first-order valence-electron chi connectivity index (χ1n) is 10.4. The number of carbonyl (C=O) groups excluding carboxylic acids is 1. The Labute approximate surface area is 179 Å². The lowest BCUT2D eigenvalue weighted by Crippen LogP contribution is -2.50. The number of ether oxygens (including phenoxy) is 1. The van der Waals surface area contributed by atoms with Crippen LogP contribution in [0, 0.1) is 0 Å². The van der Waals surface area contributed by atoms with Gasteiger partial charge in [0.1, 0.15) is 5.75 Å². The molecule has 0 radical (unpaired) electrons. The van der Waals surface area contributed by atoms with Crippen molar-refractivity contribution < 1.29 is 17.9 Å². The summed E-state index contributed by atoms with van der Waals surface area (Å²) in [4.78, 5) is 16.7. The van der Waals surface area contributed by atoms with E-state index in [2.05, 4.69) is 10.2 Å². The molecule has 168 valence electrons. The highest BCUT2D eigenvalue weighted by molar-refractivity contribution is 7.86. The third kappa shape index (κ3) is 5.42. The summed E-state index contributed by atoms with van der Waals surface area (Å²) in [6.45, 7) is 4.10. The van der Waals surface area contributed by atoms with E-state index in [1.54, 1.807) is 42.5 Å². The Morgan fingerprint density at radius 2 is 1.97 bits per heavy atom. The molecule has 2 aliphatic rings. The quantitative estimate of drug-likeness (QED) is 0.664. The maximum absolute atomic E-state index is 13.0. The van der Waals surface area contributed by atoms with Crippen molar-refractivity contribution in [2.75, 3.05) is 65.8 Å². The zero-order chi connectivity index (χ0) is 21.7. The highest BCUT2D eigenvalue weighted by atomic mass is 32.2. The molecule has 1 N–H and O–H groups in total. The minimum Gasteiger partial charge on any atom is -0.497 e. The molecule has 3 rings (SSSR count). The summed E-state index contributed by atoms with van der Waals surface area (Å²) in [5.74, 6) is 0.664. The van der Waals surface area contributed by atoms with Gasteiger partial charge in [-0.2, -0.15) is 17.0 Å². The van der Waals surface area contributed by atoms with Crippen LogP contribution in [-0.4, -0.2) is 99.4 Å². The van der Waals surface area contributed by atoms with Crippen LogP contribution >= 0.6 is 0 Å². The molecule has 2 heterocycles. The van der Waals surface area contributed by atoms with Crippen molar-refractivity contribution in [3.63, 3.8) is 0 Å². The van der Waals surface area contributed by atoms with E-state index in [-0.39, 0.29) is 12.1 Å². The van der Waals surface area contributed by atoms with Crippen LogP contribution in [0.1, 0.15) is 19.3 Å². The van der Waals surface area contributed by atoms with Crippen molar-refractivity contribution in [2.24, 2.45) is 0 Å². The summed E-state index contributed by atoms with van der Waals surface area (Å²) in [5.41, 5.74) is 0.648. The lowest BCUT2D eigenvalue weighted by Gasteiger charge is -2.32. The minimum absolute atomic E-state index is 0.226. The number of rotatable bonds is 8. The van der Waals surface area contributed by atoms with Crippen molar-refractivity contribution in [3.8, 4) is 5.75 Å². The number of hydrogen-bond donors (Lipinski definition) is 1. The number of urea groups is 1. The molecular formula is C20H33N5O4S. The van der Waals surface area contributed by atoms with E-state index >= 15 is 0 Å². The van der Waals surface area contributed by atoms with Crippen LogP contribution < -0.4 is 10.1 Å². The first kappa shape index (κ1) is 22.8. The van der Waals surface area contributed by atoms with Gasteiger partial charge in [0.2, 0.25) is 0 Å². The summed E-state index contributed by atoms with van der Waals surface area (Å²) in [5, 5.41) is 2.88. The van der Waals surface area contributed by atoms with Crippen LogP contribution in [0.4, 0.5) is 10.5 Å². The molecule has 2 fully saturated rings. The first-order chi connectivity index (χ1) is 14.3. The Morgan fingerprint density at radius 1 is 1.23 bits per heavy atom. The molecule has 0 aliphatic carbocycles. The second-order valence-corrected chi connectivity index (χ2v) is 10.1. The molecular weight excluding hydrogens is 406 g/mol. The zero-order valence-electron chi connectivity index (χ0n) is 18.1. The summed E-state index contributed by atoms with van der Waals surface area (Å²) in [6.07, 6.45) is 2.96. The fraction of sp³-hybridized carbons (Fsp3) is 0.650. The van der Waals surface area contributed by atoms with Gasteiger partial charge in [0.25, 0.3) is 10.2 Å². The van der Waals surface area contributed by atoms with E-state index in [0.29, 0.717) is 37.5 Å². The lowest BCUT2D eigenvalue weighted by atomic mass is 10.2. The second kappa shape index (κ2) is 9.95. The van der Waals surface area contributed by atoms with Crippen LogP contribution in [0.25, 0.3) is 0 Å². The molecule has 1 atom stereocenters. The van der Waals surface area contributed by atoms with E-state index in [1.165, 1.54) is 17.1 Å². The fourth-order valence-electron chi connectivity index (χ4n) is 4.01. The maximum Gasteiger partial charge on any atom is 0.321 e. The van der Waals surface area contributed by atoms with Crippen molar-refractivity contribution in [1.29, 1.82) is 0 Å². The molecule has 2 amide bonds. The normalized spacial score (nSPS) is 20.3. The number of hydrogen-bond acceptors (Lipinski definition) is 5. The van der Waals surface area contributed by atoms with E-state index in [1.807, 2.05) is 12.1 Å². The van der Waals surface area contributed by atoms with Gasteiger partial charge < -0.3 is 19.9 Å². The van der Waals surface area contributed by atoms with Crippen molar-refractivity contribution >= 4 is 21.9 Å². The standard InChI is InChI=1S/C20H33N5O4S/c1-22(2)30(27,28)25(14-13-23-10-4-5-11-23)18-9-12-24(16-18)20(26)21-17-7-6-8-19(15-17)29-3/h6-8,15,18H,4-5,9-14,16H2,1-3H3,(H,21,26). The first-order valence-corrected chi connectivity index (χ1v) is 11.8. The largest absolute Gasteiger partial charge is 0.497 e. The third-order valence-corrected chi connectivity index (χ3v) is 7.77. The van der Waals surface area contributed by atoms with Crippen LogP contribution in [0.3, 0.4) is 0 Å². The molecule has 30 heavy (non-hydrogen) atoms. The number of nitrogens with one attached hydrogen (secondary N) is 1. The predicted octanol–water partition coefficient (Wildman–Crippen LogP) is 1.51. The number of amides is 2. The molecule has 1 aromatic carbocycles. The topological polar surface area (TPSA) is 85.4 Å². The smallest absolute Gasteiger partial charge is 0.321 e. The predicted molar refractivity (Wildman–Crippen MR) is 117 cm³/mol. The van der Waals surface area contributed by atoms with Gasteiger partial charge in [-0.25, -0.2) is 4.79 Å². The molecule has 0 saturated carbocycles. The number of carbonyl (C=O) groups is 1. The second-order valence-electron chi connectivity index (χ2n) is 8.00. The van der Waals surface area contributed by atoms with E-state index in [0.717, 1.165) is 19.6 Å². The average Bonchev–Trinajstić information content (AvgIpc) is 3.40. The molecule has 0 aromatic heterocycles. The molecule has 1 unspecified atom stereocenters. The summed E-state index contributed by atoms with van der Waals surface area (Å²) in [7, 11) is 1.12. The van der Waals surface area contributed by atoms with E-state index < -0.39 is 10.2 Å². The van der Waals surface area contributed by atoms with Crippen LogP contribution in [0.15, 0.2) is 24.3 Å². The van der Waals surface area contributed by atoms with Crippen molar-refractivity contribution in [1.82, 2.24) is 18.4 Å². The fourth-order valence-corrected chi connectivity index (χ4v) is 5.29. The van der Waals surface area contributed by atoms with Crippen LogP contribution in [0.2, 0.25) is 0 Å². The number of benzene rings is 1. The molecule has 2 saturated heterocycles. The Bertz CT molecular complexity index is 826. The Morgan fingerprint density at radius 3 is 2.63 bits per heavy atom. The summed E-state index contributed by atoms with van der Waals surface area (Å²) >= 11 is 0. The summed E-state index contributed by atoms with van der Waals surface area (Å²) < 4.78 is 33.9. The maximum atomic E-state index is 13.0. The number of methoxy groups -OCH3 is 1. The molecule has 0 bridgehead atoms. The highest BCUT2D eigenvalue weighted by Crippen LogP contribution is 2.22. The molecule has 2 aliphatic heterocycles. The SMILES string of the molecule is COc1cccc(NC(=O)N2CCC(N(CCN3CCCC3)S(=O)(=O)N(C)C)C2)c1. The van der Waals surface area contributed by atoms with Gasteiger partial charge in [-0.05, 0) is 44.5 Å². The van der Waals surface area contributed by atoms with E-state index in [4.69, 9.17) is 4.74 Å². The van der Waals surface area contributed by atoms with Crippen LogP contribution in [-0.2, 0) is 10.2 Å². The highest BCUT2D eigenvalue weighted by Gasteiger charge is 2.37. The number of likely N-dealkylation sites (tertiary alicyclic amines) is 2. The van der Waals surface area contributed by atoms with E-state index in [9.17, 15) is 13.2 Å². The van der Waals surface area contributed by atoms with Gasteiger partial charge in [0, 0.05) is 58.1 Å². The number of anilines is 1. The molecule has 1 aromatic rings. The van der Waals surface area contributed by atoms with Gasteiger partial charge in [-0.15, -0.1) is 0 Å². The third-order valence-electron chi connectivity index (χ3n) is 5.77. The van der Waals surface area contributed by atoms with Crippen molar-refractivity contribution in [2.45, 2.75) is 25.3 Å². The van der Waals surface area contributed by atoms with Crippen molar-refractivity contribution in [3.05, 3.63) is 24.3 Å². The Kier molecular flexibility index (Phi) is 7.56. The Hall–Kier alpha value is -1.88. The van der Waals surface area contributed by atoms with Gasteiger partial charge in [-0.3, -0.25) is 0 Å². The zero-order valence-corrected chi connectivity index (χ0v) is 18.9. The van der Waals surface area contributed by atoms with Gasteiger partial charge in [0.05, 0.1) is 7.11 Å². The molecule has 9 nitrogen and oxygen atoms in total.